The molecule has 1 fully saturated rings. The van der Waals surface area contributed by atoms with Crippen LogP contribution in [0.2, 0.25) is 0 Å². The van der Waals surface area contributed by atoms with Gasteiger partial charge < -0.3 is 15.0 Å². The number of carbonyl (C=O) groups excluding carboxylic acids is 1. The highest BCUT2D eigenvalue weighted by molar-refractivity contribution is 5.69. The largest absolute Gasteiger partial charge is 0.444 e. The van der Waals surface area contributed by atoms with Crippen LogP contribution in [0.3, 0.4) is 0 Å². The number of hydrogen-bond acceptors (Lipinski definition) is 3. The van der Waals surface area contributed by atoms with Gasteiger partial charge >= 0.3 is 6.09 Å². The molecule has 1 saturated heterocycles. The number of ether oxygens (including phenoxy) is 1. The van der Waals surface area contributed by atoms with E-state index >= 15 is 0 Å². The summed E-state index contributed by atoms with van der Waals surface area (Å²) in [5.74, 6) is 0. The molecule has 1 heterocycles. The molecule has 2 atom stereocenters. The van der Waals surface area contributed by atoms with E-state index in [1.54, 1.807) is 0 Å². The normalized spacial score (nSPS) is 24.8. The topological polar surface area (TPSA) is 41.6 Å². The van der Waals surface area contributed by atoms with E-state index in [4.69, 9.17) is 4.74 Å². The molecular weight excluding hydrogens is 216 g/mol. The predicted octanol–water partition coefficient (Wildman–Crippen LogP) is 2.63. The number of carbonyl (C=O) groups is 1. The van der Waals surface area contributed by atoms with Crippen molar-refractivity contribution in [1.29, 1.82) is 0 Å². The second kappa shape index (κ2) is 6.84. The molecule has 0 aromatic rings. The first-order chi connectivity index (χ1) is 7.81. The number of amides is 1. The van der Waals surface area contributed by atoms with E-state index in [0.717, 1.165) is 13.1 Å². The van der Waals surface area contributed by atoms with E-state index in [1.165, 1.54) is 0 Å². The van der Waals surface area contributed by atoms with Gasteiger partial charge in [0, 0.05) is 25.2 Å². The first-order valence-corrected chi connectivity index (χ1v) is 6.53. The van der Waals surface area contributed by atoms with E-state index in [0.29, 0.717) is 0 Å². The van der Waals surface area contributed by atoms with Gasteiger partial charge in [0.1, 0.15) is 5.60 Å². The molecule has 0 bridgehead atoms. The first kappa shape index (κ1) is 16.2. The van der Waals surface area contributed by atoms with Gasteiger partial charge in [-0.2, -0.15) is 0 Å². The number of nitrogens with zero attached hydrogens (tertiary/aromatic N) is 1. The number of rotatable bonds is 0. The minimum absolute atomic E-state index is 0.198. The van der Waals surface area contributed by atoms with Crippen molar-refractivity contribution in [1.82, 2.24) is 10.2 Å². The molecule has 0 aromatic carbocycles. The van der Waals surface area contributed by atoms with E-state index in [2.05, 4.69) is 5.32 Å². The van der Waals surface area contributed by atoms with E-state index in [1.807, 2.05) is 53.4 Å². The molecule has 1 aliphatic heterocycles. The summed E-state index contributed by atoms with van der Waals surface area (Å²) in [4.78, 5) is 13.7. The Balaban J connectivity index is 0.00000121. The molecule has 4 heteroatoms. The zero-order chi connectivity index (χ0) is 13.6. The van der Waals surface area contributed by atoms with Crippen LogP contribution >= 0.6 is 0 Å². The maximum absolute atomic E-state index is 11.9. The number of hydrogen-bond donors (Lipinski definition) is 1. The van der Waals surface area contributed by atoms with Gasteiger partial charge in [0.2, 0.25) is 0 Å². The van der Waals surface area contributed by atoms with Crippen LogP contribution in [0.25, 0.3) is 0 Å². The van der Waals surface area contributed by atoms with Crippen molar-refractivity contribution in [2.45, 2.75) is 66.2 Å². The minimum Gasteiger partial charge on any atom is -0.444 e. The zero-order valence-corrected chi connectivity index (χ0v) is 12.3. The Morgan fingerprint density at radius 3 is 1.94 bits per heavy atom. The van der Waals surface area contributed by atoms with Gasteiger partial charge in [-0.1, -0.05) is 13.8 Å². The van der Waals surface area contributed by atoms with Crippen molar-refractivity contribution in [3.05, 3.63) is 0 Å². The monoisotopic (exact) mass is 244 g/mol. The summed E-state index contributed by atoms with van der Waals surface area (Å²) in [5, 5.41) is 3.28. The summed E-state index contributed by atoms with van der Waals surface area (Å²) >= 11 is 0. The Morgan fingerprint density at radius 2 is 1.59 bits per heavy atom. The Morgan fingerprint density at radius 1 is 1.18 bits per heavy atom. The van der Waals surface area contributed by atoms with Crippen LogP contribution in [0.4, 0.5) is 4.79 Å². The Labute approximate surface area is 106 Å². The molecule has 102 valence electrons. The predicted molar refractivity (Wildman–Crippen MR) is 71.2 cm³/mol. The molecule has 2 unspecified atom stereocenters. The second-order valence-electron chi connectivity index (χ2n) is 5.24. The van der Waals surface area contributed by atoms with Crippen LogP contribution in [-0.2, 0) is 4.74 Å². The average molecular weight is 244 g/mol. The van der Waals surface area contributed by atoms with E-state index < -0.39 is 5.60 Å². The molecule has 0 aromatic heterocycles. The Kier molecular flexibility index (Phi) is 6.53. The maximum Gasteiger partial charge on any atom is 0.410 e. The summed E-state index contributed by atoms with van der Waals surface area (Å²) in [6.07, 6.45) is -0.205. The highest BCUT2D eigenvalue weighted by atomic mass is 16.6. The first-order valence-electron chi connectivity index (χ1n) is 6.53. The SMILES string of the molecule is CC.CC1CNCC(C)N1C(=O)OC(C)(C)C. The van der Waals surface area contributed by atoms with Crippen molar-refractivity contribution >= 4 is 6.09 Å². The third-order valence-corrected chi connectivity index (χ3v) is 2.43. The van der Waals surface area contributed by atoms with Gasteiger partial charge in [-0.25, -0.2) is 4.79 Å². The van der Waals surface area contributed by atoms with E-state index in [-0.39, 0.29) is 18.2 Å². The number of piperazine rings is 1. The fourth-order valence-electron chi connectivity index (χ4n) is 1.81. The minimum atomic E-state index is -0.415. The van der Waals surface area contributed by atoms with Gasteiger partial charge in [-0.15, -0.1) is 0 Å². The van der Waals surface area contributed by atoms with Crippen molar-refractivity contribution in [2.75, 3.05) is 13.1 Å². The molecule has 0 spiro atoms. The van der Waals surface area contributed by atoms with Crippen LogP contribution in [0, 0.1) is 0 Å². The van der Waals surface area contributed by atoms with E-state index in [9.17, 15) is 4.79 Å². The van der Waals surface area contributed by atoms with Gasteiger partial charge in [-0.05, 0) is 34.6 Å². The quantitative estimate of drug-likeness (QED) is 0.712. The molecule has 0 aliphatic carbocycles. The van der Waals surface area contributed by atoms with Gasteiger partial charge in [0.25, 0.3) is 0 Å². The van der Waals surface area contributed by atoms with Gasteiger partial charge in [0.15, 0.2) is 0 Å². The molecular formula is C13H28N2O2. The molecule has 4 nitrogen and oxygen atoms in total. The fraction of sp³-hybridized carbons (Fsp3) is 0.923. The lowest BCUT2D eigenvalue weighted by molar-refractivity contribution is 0.00303. The molecule has 1 rings (SSSR count). The van der Waals surface area contributed by atoms with Crippen molar-refractivity contribution in [3.8, 4) is 0 Å². The molecule has 1 amide bonds. The standard InChI is InChI=1S/C11H22N2O2.C2H6/c1-8-6-12-7-9(2)13(8)10(14)15-11(3,4)5;1-2/h8-9,12H,6-7H2,1-5H3;1-2H3. The van der Waals surface area contributed by atoms with Crippen LogP contribution in [0.1, 0.15) is 48.5 Å². The van der Waals surface area contributed by atoms with Crippen molar-refractivity contribution in [3.63, 3.8) is 0 Å². The maximum atomic E-state index is 11.9. The summed E-state index contributed by atoms with van der Waals surface area (Å²) < 4.78 is 5.38. The van der Waals surface area contributed by atoms with Crippen molar-refractivity contribution < 1.29 is 9.53 Å². The Hall–Kier alpha value is -0.770. The lowest BCUT2D eigenvalue weighted by atomic mass is 10.1. The third kappa shape index (κ3) is 5.39. The molecule has 0 radical (unpaired) electrons. The van der Waals surface area contributed by atoms with Crippen LogP contribution in [0.15, 0.2) is 0 Å². The third-order valence-electron chi connectivity index (χ3n) is 2.43. The fourth-order valence-corrected chi connectivity index (χ4v) is 1.81. The van der Waals surface area contributed by atoms with Crippen LogP contribution < -0.4 is 5.32 Å². The zero-order valence-electron chi connectivity index (χ0n) is 12.3. The molecule has 1 N–H and O–H groups in total. The number of nitrogens with one attached hydrogen (secondary N) is 1. The lowest BCUT2D eigenvalue weighted by Gasteiger charge is -2.39. The van der Waals surface area contributed by atoms with Gasteiger partial charge in [0.05, 0.1) is 0 Å². The molecule has 17 heavy (non-hydrogen) atoms. The average Bonchev–Trinajstić information content (AvgIpc) is 2.17. The highest BCUT2D eigenvalue weighted by Crippen LogP contribution is 2.16. The molecule has 1 aliphatic rings. The summed E-state index contributed by atoms with van der Waals surface area (Å²) in [6.45, 7) is 15.4. The van der Waals surface area contributed by atoms with Crippen LogP contribution in [0.5, 0.6) is 0 Å². The van der Waals surface area contributed by atoms with Crippen LogP contribution in [-0.4, -0.2) is 41.8 Å². The van der Waals surface area contributed by atoms with Gasteiger partial charge in [-0.3, -0.25) is 0 Å². The summed E-state index contributed by atoms with van der Waals surface area (Å²) in [6, 6.07) is 0.396. The smallest absolute Gasteiger partial charge is 0.410 e. The molecule has 0 saturated carbocycles. The Bertz CT molecular complexity index is 226. The van der Waals surface area contributed by atoms with Crippen molar-refractivity contribution in [2.24, 2.45) is 0 Å². The summed E-state index contributed by atoms with van der Waals surface area (Å²) in [7, 11) is 0. The second-order valence-corrected chi connectivity index (χ2v) is 5.24. The highest BCUT2D eigenvalue weighted by Gasteiger charge is 2.32. The summed E-state index contributed by atoms with van der Waals surface area (Å²) in [5.41, 5.74) is -0.415. The lowest BCUT2D eigenvalue weighted by Crippen LogP contribution is -2.58.